The van der Waals surface area contributed by atoms with Gasteiger partial charge in [-0.2, -0.15) is 0 Å². The molecule has 3 aromatic rings. The molecule has 2 N–H and O–H groups in total. The fourth-order valence-corrected chi connectivity index (χ4v) is 2.46. The van der Waals surface area contributed by atoms with Gasteiger partial charge in [-0.1, -0.05) is 55.5 Å². The fraction of sp³-hybridized carbons (Fsp3) is 0.158. The molecule has 0 aromatic heterocycles. The van der Waals surface area contributed by atoms with Crippen LogP contribution in [-0.2, 0) is 0 Å². The highest BCUT2D eigenvalue weighted by atomic mass is 16.5. The Hall–Kier alpha value is -2.32. The molecule has 0 spiro atoms. The highest BCUT2D eigenvalue weighted by Crippen LogP contribution is 2.31. The molecule has 2 heteroatoms. The summed E-state index contributed by atoms with van der Waals surface area (Å²) in [5.41, 5.74) is 7.21. The smallest absolute Gasteiger partial charge is 0.132 e. The number of benzene rings is 3. The van der Waals surface area contributed by atoms with Gasteiger partial charge in [0.1, 0.15) is 11.5 Å². The first-order valence-electron chi connectivity index (χ1n) is 7.29. The normalized spacial score (nSPS) is 12.3. The molecule has 1 unspecified atom stereocenters. The molecule has 21 heavy (non-hydrogen) atoms. The van der Waals surface area contributed by atoms with E-state index in [9.17, 15) is 0 Å². The zero-order chi connectivity index (χ0) is 14.7. The number of hydrogen-bond donors (Lipinski definition) is 1. The van der Waals surface area contributed by atoms with E-state index in [1.54, 1.807) is 0 Å². The molecule has 0 amide bonds. The van der Waals surface area contributed by atoms with Gasteiger partial charge in [0.2, 0.25) is 0 Å². The van der Waals surface area contributed by atoms with Crippen LogP contribution >= 0.6 is 0 Å². The third-order valence-corrected chi connectivity index (χ3v) is 3.71. The van der Waals surface area contributed by atoms with E-state index in [-0.39, 0.29) is 6.04 Å². The summed E-state index contributed by atoms with van der Waals surface area (Å²) in [4.78, 5) is 0. The molecule has 0 fully saturated rings. The van der Waals surface area contributed by atoms with Crippen molar-refractivity contribution in [2.24, 2.45) is 5.73 Å². The summed E-state index contributed by atoms with van der Waals surface area (Å²) in [7, 11) is 0. The quantitative estimate of drug-likeness (QED) is 0.725. The van der Waals surface area contributed by atoms with Crippen LogP contribution in [-0.4, -0.2) is 0 Å². The van der Waals surface area contributed by atoms with Gasteiger partial charge in [-0.05, 0) is 35.4 Å². The lowest BCUT2D eigenvalue weighted by atomic mass is 10.0. The minimum atomic E-state index is 0.00153. The van der Waals surface area contributed by atoms with E-state index in [0.29, 0.717) is 0 Å². The first-order chi connectivity index (χ1) is 10.3. The highest BCUT2D eigenvalue weighted by Gasteiger charge is 2.10. The number of ether oxygens (including phenoxy) is 1. The van der Waals surface area contributed by atoms with Crippen molar-refractivity contribution in [1.82, 2.24) is 0 Å². The first kappa shape index (κ1) is 13.7. The molecule has 106 valence electrons. The van der Waals surface area contributed by atoms with E-state index in [1.165, 1.54) is 10.8 Å². The molecule has 0 bridgehead atoms. The Balaban J connectivity index is 1.95. The summed E-state index contributed by atoms with van der Waals surface area (Å²) < 4.78 is 6.06. The summed E-state index contributed by atoms with van der Waals surface area (Å²) >= 11 is 0. The molecule has 2 nitrogen and oxygen atoms in total. The van der Waals surface area contributed by atoms with Crippen molar-refractivity contribution in [2.75, 3.05) is 0 Å². The van der Waals surface area contributed by atoms with Gasteiger partial charge < -0.3 is 10.5 Å². The van der Waals surface area contributed by atoms with Gasteiger partial charge in [-0.3, -0.25) is 0 Å². The molecule has 0 aliphatic rings. The lowest BCUT2D eigenvalue weighted by Crippen LogP contribution is -2.09. The second kappa shape index (κ2) is 5.98. The number of rotatable bonds is 4. The van der Waals surface area contributed by atoms with E-state index < -0.39 is 0 Å². The van der Waals surface area contributed by atoms with Crippen LogP contribution in [0.25, 0.3) is 10.8 Å². The van der Waals surface area contributed by atoms with Gasteiger partial charge in [0, 0.05) is 11.6 Å². The Morgan fingerprint density at radius 1 is 0.905 bits per heavy atom. The van der Waals surface area contributed by atoms with Crippen LogP contribution in [0.2, 0.25) is 0 Å². The molecule has 0 radical (unpaired) electrons. The van der Waals surface area contributed by atoms with Crippen LogP contribution in [0, 0.1) is 0 Å². The Labute approximate surface area is 125 Å². The molecule has 0 saturated carbocycles. The fourth-order valence-electron chi connectivity index (χ4n) is 2.46. The van der Waals surface area contributed by atoms with Crippen LogP contribution in [0.15, 0.2) is 66.7 Å². The summed E-state index contributed by atoms with van der Waals surface area (Å²) in [5.74, 6) is 1.67. The van der Waals surface area contributed by atoms with Crippen molar-refractivity contribution in [3.63, 3.8) is 0 Å². The van der Waals surface area contributed by atoms with Crippen molar-refractivity contribution in [3.05, 3.63) is 72.3 Å². The van der Waals surface area contributed by atoms with E-state index in [4.69, 9.17) is 10.5 Å². The number of fused-ring (bicyclic) bond motifs is 1. The predicted octanol–water partition coefficient (Wildman–Crippen LogP) is 5.04. The maximum Gasteiger partial charge on any atom is 0.132 e. The minimum Gasteiger partial charge on any atom is -0.457 e. The topological polar surface area (TPSA) is 35.2 Å². The zero-order valence-corrected chi connectivity index (χ0v) is 12.1. The van der Waals surface area contributed by atoms with Crippen molar-refractivity contribution in [2.45, 2.75) is 19.4 Å². The van der Waals surface area contributed by atoms with Gasteiger partial charge >= 0.3 is 0 Å². The van der Waals surface area contributed by atoms with E-state index >= 15 is 0 Å². The monoisotopic (exact) mass is 277 g/mol. The van der Waals surface area contributed by atoms with Crippen LogP contribution in [0.4, 0.5) is 0 Å². The van der Waals surface area contributed by atoms with E-state index in [2.05, 4.69) is 31.2 Å². The van der Waals surface area contributed by atoms with Crippen LogP contribution in [0.1, 0.15) is 24.9 Å². The molecule has 3 rings (SSSR count). The SMILES string of the molecule is CCC(N)c1ccccc1Oc1ccc2ccccc2c1. The summed E-state index contributed by atoms with van der Waals surface area (Å²) in [5, 5.41) is 2.38. The molecule has 1 atom stereocenters. The zero-order valence-electron chi connectivity index (χ0n) is 12.1. The molecular weight excluding hydrogens is 258 g/mol. The molecular formula is C19H19NO. The maximum absolute atomic E-state index is 6.16. The lowest BCUT2D eigenvalue weighted by Gasteiger charge is -2.15. The summed E-state index contributed by atoms with van der Waals surface area (Å²) in [6.07, 6.45) is 0.887. The number of para-hydroxylation sites is 1. The lowest BCUT2D eigenvalue weighted by molar-refractivity contribution is 0.469. The molecule has 0 aliphatic carbocycles. The second-order valence-corrected chi connectivity index (χ2v) is 5.16. The largest absolute Gasteiger partial charge is 0.457 e. The van der Waals surface area contributed by atoms with Crippen molar-refractivity contribution >= 4 is 10.8 Å². The predicted molar refractivity (Wildman–Crippen MR) is 87.7 cm³/mol. The summed E-state index contributed by atoms with van der Waals surface area (Å²) in [6, 6.07) is 22.4. The maximum atomic E-state index is 6.16. The van der Waals surface area contributed by atoms with Gasteiger partial charge in [0.25, 0.3) is 0 Å². The average Bonchev–Trinajstić information content (AvgIpc) is 2.54. The Bertz CT molecular complexity index is 751. The van der Waals surface area contributed by atoms with E-state index in [1.807, 2.05) is 42.5 Å². The van der Waals surface area contributed by atoms with Crippen LogP contribution < -0.4 is 10.5 Å². The molecule has 0 aliphatic heterocycles. The van der Waals surface area contributed by atoms with Crippen molar-refractivity contribution < 1.29 is 4.74 Å². The first-order valence-corrected chi connectivity index (χ1v) is 7.29. The third-order valence-electron chi connectivity index (χ3n) is 3.71. The number of hydrogen-bond acceptors (Lipinski definition) is 2. The second-order valence-electron chi connectivity index (χ2n) is 5.16. The van der Waals surface area contributed by atoms with Gasteiger partial charge in [-0.15, -0.1) is 0 Å². The van der Waals surface area contributed by atoms with Gasteiger partial charge in [-0.25, -0.2) is 0 Å². The van der Waals surface area contributed by atoms with Crippen LogP contribution in [0.3, 0.4) is 0 Å². The van der Waals surface area contributed by atoms with E-state index in [0.717, 1.165) is 23.5 Å². The number of nitrogens with two attached hydrogens (primary N) is 1. The molecule has 0 saturated heterocycles. The Kier molecular flexibility index (Phi) is 3.89. The van der Waals surface area contributed by atoms with Crippen molar-refractivity contribution in [1.29, 1.82) is 0 Å². The molecule has 3 aromatic carbocycles. The Morgan fingerprint density at radius 3 is 2.43 bits per heavy atom. The van der Waals surface area contributed by atoms with Crippen molar-refractivity contribution in [3.8, 4) is 11.5 Å². The molecule has 0 heterocycles. The van der Waals surface area contributed by atoms with Gasteiger partial charge in [0.15, 0.2) is 0 Å². The standard InChI is InChI=1S/C19H19NO/c1-2-18(20)17-9-5-6-10-19(17)21-16-12-11-14-7-3-4-8-15(14)13-16/h3-13,18H,2,20H2,1H3. The minimum absolute atomic E-state index is 0.00153. The van der Waals surface area contributed by atoms with Gasteiger partial charge in [0.05, 0.1) is 0 Å². The summed E-state index contributed by atoms with van der Waals surface area (Å²) in [6.45, 7) is 2.08. The third kappa shape index (κ3) is 2.91. The Morgan fingerprint density at radius 2 is 1.62 bits per heavy atom. The van der Waals surface area contributed by atoms with Crippen LogP contribution in [0.5, 0.6) is 11.5 Å². The highest BCUT2D eigenvalue weighted by molar-refractivity contribution is 5.83. The average molecular weight is 277 g/mol.